The smallest absolute Gasteiger partial charge is 0.315 e. The minimum absolute atomic E-state index is 0.0330. The number of carbonyl (C=O) groups excluding carboxylic acids is 5. The van der Waals surface area contributed by atoms with Crippen molar-refractivity contribution < 1.29 is 32.4 Å². The molecule has 48 heavy (non-hydrogen) atoms. The lowest BCUT2D eigenvalue weighted by atomic mass is 9.83. The van der Waals surface area contributed by atoms with Gasteiger partial charge in [-0.3, -0.25) is 19.2 Å². The molecular weight excluding hydrogens is 634 g/mol. The van der Waals surface area contributed by atoms with Gasteiger partial charge >= 0.3 is 6.03 Å². The molecule has 0 aromatic carbocycles. The van der Waals surface area contributed by atoms with Crippen LogP contribution in [0.5, 0.6) is 0 Å². The van der Waals surface area contributed by atoms with E-state index in [0.717, 1.165) is 38.0 Å². The first kappa shape index (κ1) is 45.3. The SMILES string of the molecule is CC.CC(C)(C)S(=O)(=O)CC1(NC(=O)NCC(=O)N2CCC[C@H]2C(=O)NCC(=O)C(=O)NC2CC2)CCCCC1.CC(C)C.CCCC. The summed E-state index contributed by atoms with van der Waals surface area (Å²) in [6.07, 6.45) is 8.95. The number of hydrogen-bond donors (Lipinski definition) is 4. The molecule has 0 radical (unpaired) electrons. The van der Waals surface area contributed by atoms with Crippen molar-refractivity contribution in [2.45, 2.75) is 162 Å². The van der Waals surface area contributed by atoms with E-state index >= 15 is 0 Å². The van der Waals surface area contributed by atoms with E-state index in [1.54, 1.807) is 20.8 Å². The molecule has 1 heterocycles. The minimum Gasteiger partial charge on any atom is -0.347 e. The van der Waals surface area contributed by atoms with E-state index in [9.17, 15) is 32.4 Å². The lowest BCUT2D eigenvalue weighted by molar-refractivity contribution is -0.140. The highest BCUT2D eigenvalue weighted by Gasteiger charge is 2.42. The summed E-state index contributed by atoms with van der Waals surface area (Å²) in [5, 5.41) is 10.4. The fourth-order valence-corrected chi connectivity index (χ4v) is 6.37. The number of Topliss-reactive ketones (excluding diaryl/α,β-unsaturated/α-hetero) is 1. The van der Waals surface area contributed by atoms with Gasteiger partial charge in [-0.05, 0) is 65.2 Å². The molecule has 0 aromatic heterocycles. The first-order chi connectivity index (χ1) is 22.4. The van der Waals surface area contributed by atoms with E-state index in [0.29, 0.717) is 32.2 Å². The third-order valence-electron chi connectivity index (χ3n) is 7.95. The van der Waals surface area contributed by atoms with E-state index in [4.69, 9.17) is 0 Å². The Hall–Kier alpha value is -2.70. The van der Waals surface area contributed by atoms with Gasteiger partial charge in [0.25, 0.3) is 5.91 Å². The van der Waals surface area contributed by atoms with E-state index in [2.05, 4.69) is 55.9 Å². The quantitative estimate of drug-likeness (QED) is 0.227. The van der Waals surface area contributed by atoms with E-state index in [1.807, 2.05) is 13.8 Å². The van der Waals surface area contributed by atoms with Gasteiger partial charge in [0, 0.05) is 12.6 Å². The van der Waals surface area contributed by atoms with Gasteiger partial charge in [-0.15, -0.1) is 0 Å². The van der Waals surface area contributed by atoms with Crippen LogP contribution in [0.15, 0.2) is 0 Å². The fraction of sp³-hybridized carbons (Fsp3) is 0.857. The monoisotopic (exact) mass is 701 g/mol. The molecule has 4 N–H and O–H groups in total. The van der Waals surface area contributed by atoms with Crippen LogP contribution in [0.1, 0.15) is 140 Å². The minimum atomic E-state index is -3.49. The third-order valence-corrected chi connectivity index (χ3v) is 10.8. The molecule has 0 spiro atoms. The Morgan fingerprint density at radius 3 is 1.85 bits per heavy atom. The number of nitrogens with one attached hydrogen (secondary N) is 4. The summed E-state index contributed by atoms with van der Waals surface area (Å²) >= 11 is 0. The summed E-state index contributed by atoms with van der Waals surface area (Å²) in [4.78, 5) is 63.3. The highest BCUT2D eigenvalue weighted by molar-refractivity contribution is 7.92. The van der Waals surface area contributed by atoms with Crippen LogP contribution < -0.4 is 21.3 Å². The third kappa shape index (κ3) is 17.1. The number of amides is 5. The van der Waals surface area contributed by atoms with E-state index in [-0.39, 0.29) is 18.3 Å². The van der Waals surface area contributed by atoms with Crippen molar-refractivity contribution >= 4 is 39.4 Å². The van der Waals surface area contributed by atoms with Gasteiger partial charge < -0.3 is 26.2 Å². The van der Waals surface area contributed by atoms with Crippen LogP contribution in [0.3, 0.4) is 0 Å². The molecule has 0 unspecified atom stereocenters. The van der Waals surface area contributed by atoms with Gasteiger partial charge in [-0.2, -0.15) is 0 Å². The van der Waals surface area contributed by atoms with Crippen LogP contribution in [0, 0.1) is 5.92 Å². The maximum atomic E-state index is 12.9. The Labute approximate surface area is 291 Å². The van der Waals surface area contributed by atoms with Crippen LogP contribution in [0.2, 0.25) is 0 Å². The average molecular weight is 702 g/mol. The van der Waals surface area contributed by atoms with Crippen molar-refractivity contribution in [2.75, 3.05) is 25.4 Å². The molecule has 5 amide bonds. The van der Waals surface area contributed by atoms with Crippen LogP contribution >= 0.6 is 0 Å². The molecule has 1 aliphatic heterocycles. The van der Waals surface area contributed by atoms with Gasteiger partial charge in [0.1, 0.15) is 6.04 Å². The first-order valence-electron chi connectivity index (χ1n) is 18.1. The lowest BCUT2D eigenvalue weighted by Gasteiger charge is -2.39. The molecule has 3 aliphatic rings. The summed E-state index contributed by atoms with van der Waals surface area (Å²) in [6.45, 7) is 19.3. The highest BCUT2D eigenvalue weighted by atomic mass is 32.2. The topological polar surface area (TPSA) is 171 Å². The van der Waals surface area contributed by atoms with Crippen LogP contribution in [0.25, 0.3) is 0 Å². The summed E-state index contributed by atoms with van der Waals surface area (Å²) < 4.78 is 24.9. The summed E-state index contributed by atoms with van der Waals surface area (Å²) in [5.74, 6) is -1.80. The Morgan fingerprint density at radius 1 is 0.833 bits per heavy atom. The molecule has 3 fully saturated rings. The van der Waals surface area contributed by atoms with Gasteiger partial charge in [0.05, 0.1) is 29.1 Å². The molecule has 2 saturated carbocycles. The number of carbonyl (C=O) groups is 5. The highest BCUT2D eigenvalue weighted by Crippen LogP contribution is 2.32. The maximum absolute atomic E-state index is 12.9. The number of nitrogens with zero attached hydrogens (tertiary/aromatic N) is 1. The number of unbranched alkanes of at least 4 members (excludes halogenated alkanes) is 1. The molecule has 12 nitrogen and oxygen atoms in total. The Bertz CT molecular complexity index is 1120. The van der Waals surface area contributed by atoms with Crippen LogP contribution in [0.4, 0.5) is 4.79 Å². The lowest BCUT2D eigenvalue weighted by Crippen LogP contribution is -2.59. The van der Waals surface area contributed by atoms with Crippen LogP contribution in [-0.2, 0) is 29.0 Å². The normalized spacial score (nSPS) is 18.4. The number of hydrogen-bond acceptors (Lipinski definition) is 7. The van der Waals surface area contributed by atoms with Crippen molar-refractivity contribution in [2.24, 2.45) is 5.92 Å². The number of urea groups is 1. The second kappa shape index (κ2) is 22.1. The molecule has 0 aromatic rings. The number of rotatable bonds is 11. The number of sulfone groups is 1. The first-order valence-corrected chi connectivity index (χ1v) is 19.7. The Balaban J connectivity index is 0.00000195. The molecule has 13 heteroatoms. The molecule has 1 atom stereocenters. The maximum Gasteiger partial charge on any atom is 0.315 e. The van der Waals surface area contributed by atoms with Crippen molar-refractivity contribution in [3.05, 3.63) is 0 Å². The zero-order chi connectivity index (χ0) is 37.1. The van der Waals surface area contributed by atoms with Crippen molar-refractivity contribution in [1.82, 2.24) is 26.2 Å². The molecule has 0 bridgehead atoms. The molecular formula is C35H67N5O7S. The van der Waals surface area contributed by atoms with Gasteiger partial charge in [-0.25, -0.2) is 13.2 Å². The van der Waals surface area contributed by atoms with Crippen molar-refractivity contribution in [1.29, 1.82) is 0 Å². The zero-order valence-electron chi connectivity index (χ0n) is 31.6. The largest absolute Gasteiger partial charge is 0.347 e. The summed E-state index contributed by atoms with van der Waals surface area (Å²) in [7, 11) is -3.49. The van der Waals surface area contributed by atoms with E-state index in [1.165, 1.54) is 17.7 Å². The van der Waals surface area contributed by atoms with Gasteiger partial charge in [0.15, 0.2) is 9.84 Å². The van der Waals surface area contributed by atoms with E-state index < -0.39 is 62.2 Å². The summed E-state index contributed by atoms with van der Waals surface area (Å²) in [5.41, 5.74) is -0.897. The van der Waals surface area contributed by atoms with Crippen molar-refractivity contribution in [3.63, 3.8) is 0 Å². The van der Waals surface area contributed by atoms with Crippen LogP contribution in [-0.4, -0.2) is 90.6 Å². The average Bonchev–Trinajstić information content (AvgIpc) is 3.69. The second-order valence-electron chi connectivity index (χ2n) is 14.4. The number of ketones is 1. The summed E-state index contributed by atoms with van der Waals surface area (Å²) in [6, 6.07) is -1.39. The Kier molecular flexibility index (Phi) is 20.9. The Morgan fingerprint density at radius 2 is 1.38 bits per heavy atom. The molecule has 3 rings (SSSR count). The van der Waals surface area contributed by atoms with Gasteiger partial charge in [0.2, 0.25) is 17.6 Å². The molecule has 280 valence electrons. The predicted molar refractivity (Wildman–Crippen MR) is 192 cm³/mol. The predicted octanol–water partition coefficient (Wildman–Crippen LogP) is 4.65. The standard InChI is InChI=1S/C25H41N5O7S.2C4H10.C2H6/c1-24(2,3)38(36,37)16-25(11-5-4-6-12-25)29-23(35)27-15-20(32)30-13-7-8-18(30)21(33)26-14-19(31)22(34)28-17-9-10-17;1-4(2)3;1-3-4-2;1-2/h17-18H,4-16H2,1-3H3,(H,26,33)(H,28,34)(H2,27,29,35);4H,1-3H3;3-4H2,1-2H3;1-2H3/t18-;;;/m0.../s1. The molecule has 1 saturated heterocycles. The van der Waals surface area contributed by atoms with Crippen molar-refractivity contribution in [3.8, 4) is 0 Å². The number of likely N-dealkylation sites (tertiary alicyclic amines) is 1. The zero-order valence-corrected chi connectivity index (χ0v) is 32.4. The fourth-order valence-electron chi connectivity index (χ4n) is 4.85. The second-order valence-corrected chi connectivity index (χ2v) is 17.1. The molecule has 2 aliphatic carbocycles. The van der Waals surface area contributed by atoms with Gasteiger partial charge in [-0.1, -0.05) is 80.6 Å².